The Morgan fingerprint density at radius 2 is 2.25 bits per heavy atom. The van der Waals surface area contributed by atoms with Crippen molar-refractivity contribution < 1.29 is 4.79 Å². The molecule has 0 aliphatic carbocycles. The van der Waals surface area contributed by atoms with E-state index in [1.807, 2.05) is 23.2 Å². The minimum absolute atomic E-state index is 0.355. The van der Waals surface area contributed by atoms with E-state index in [9.17, 15) is 4.79 Å². The highest BCUT2D eigenvalue weighted by molar-refractivity contribution is 7.99. The van der Waals surface area contributed by atoms with Crippen molar-refractivity contribution in [3.8, 4) is 0 Å². The Morgan fingerprint density at radius 1 is 1.40 bits per heavy atom. The lowest BCUT2D eigenvalue weighted by Gasteiger charge is -2.25. The van der Waals surface area contributed by atoms with Crippen LogP contribution in [-0.4, -0.2) is 11.7 Å². The molecule has 0 saturated heterocycles. The number of thioether (sulfide) groups is 1. The maximum absolute atomic E-state index is 11.1. The summed E-state index contributed by atoms with van der Waals surface area (Å²) >= 11 is 3.50. The van der Waals surface area contributed by atoms with Crippen LogP contribution in [0.3, 0.4) is 0 Å². The summed E-state index contributed by atoms with van der Waals surface area (Å²) in [5.41, 5.74) is 7.26. The molecule has 0 bridgehead atoms. The number of hydrogen-bond acceptors (Lipinski definition) is 4. The standard InChI is InChI=1S/C15H16N2OS2/c16-15(18)10-7-11(20-9-10)8-17-13-5-6-19-14-4-2-1-3-12(13)14/h1-4,7,9,13,17H,5-6,8H2,(H2,16,18). The number of carbonyl (C=O) groups excluding carboxylic acids is 1. The van der Waals surface area contributed by atoms with Crippen LogP contribution in [-0.2, 0) is 6.54 Å². The van der Waals surface area contributed by atoms with Gasteiger partial charge >= 0.3 is 0 Å². The van der Waals surface area contributed by atoms with Crippen molar-refractivity contribution in [2.75, 3.05) is 5.75 Å². The van der Waals surface area contributed by atoms with Crippen molar-refractivity contribution in [1.82, 2.24) is 5.32 Å². The molecule has 1 aliphatic heterocycles. The third-order valence-corrected chi connectivity index (χ3v) is 5.48. The van der Waals surface area contributed by atoms with Gasteiger partial charge in [-0.05, 0) is 29.9 Å². The first-order valence-corrected chi connectivity index (χ1v) is 8.43. The summed E-state index contributed by atoms with van der Waals surface area (Å²) in [6.07, 6.45) is 1.13. The van der Waals surface area contributed by atoms with E-state index >= 15 is 0 Å². The topological polar surface area (TPSA) is 55.1 Å². The quantitative estimate of drug-likeness (QED) is 0.912. The molecule has 0 radical (unpaired) electrons. The highest BCUT2D eigenvalue weighted by atomic mass is 32.2. The molecule has 2 aromatic rings. The number of nitrogens with two attached hydrogens (primary N) is 1. The van der Waals surface area contributed by atoms with Crippen molar-refractivity contribution in [2.45, 2.75) is 23.9 Å². The summed E-state index contributed by atoms with van der Waals surface area (Å²) in [4.78, 5) is 13.6. The number of carbonyl (C=O) groups is 1. The SMILES string of the molecule is NC(=O)c1csc(CNC2CCSc3ccccc32)c1. The Morgan fingerprint density at radius 3 is 3.05 bits per heavy atom. The lowest BCUT2D eigenvalue weighted by molar-refractivity contribution is 0.100. The zero-order chi connectivity index (χ0) is 13.9. The second kappa shape index (κ2) is 5.99. The zero-order valence-corrected chi connectivity index (χ0v) is 12.6. The molecule has 1 amide bonds. The summed E-state index contributed by atoms with van der Waals surface area (Å²) in [5, 5.41) is 5.41. The average molecular weight is 304 g/mol. The van der Waals surface area contributed by atoms with Gasteiger partial charge in [0.15, 0.2) is 0 Å². The molecule has 5 heteroatoms. The molecular formula is C15H16N2OS2. The fourth-order valence-electron chi connectivity index (χ4n) is 2.38. The van der Waals surface area contributed by atoms with Gasteiger partial charge in [0.25, 0.3) is 0 Å². The van der Waals surface area contributed by atoms with Gasteiger partial charge in [0.2, 0.25) is 5.91 Å². The highest BCUT2D eigenvalue weighted by Crippen LogP contribution is 2.36. The van der Waals surface area contributed by atoms with Crippen LogP contribution in [0.25, 0.3) is 0 Å². The Balaban J connectivity index is 1.68. The number of benzene rings is 1. The van der Waals surface area contributed by atoms with Crippen LogP contribution in [0.4, 0.5) is 0 Å². The second-order valence-electron chi connectivity index (χ2n) is 4.77. The van der Waals surface area contributed by atoms with Gasteiger partial charge in [0, 0.05) is 27.7 Å². The van der Waals surface area contributed by atoms with Crippen LogP contribution in [0.1, 0.15) is 33.3 Å². The Bertz CT molecular complexity index is 624. The lowest BCUT2D eigenvalue weighted by atomic mass is 10.0. The summed E-state index contributed by atoms with van der Waals surface area (Å²) in [7, 11) is 0. The molecule has 3 N–H and O–H groups in total. The fourth-order valence-corrected chi connectivity index (χ4v) is 4.33. The minimum Gasteiger partial charge on any atom is -0.366 e. The van der Waals surface area contributed by atoms with Crippen LogP contribution in [0.2, 0.25) is 0 Å². The first kappa shape index (κ1) is 13.7. The number of thiophene rings is 1. The molecule has 3 rings (SSSR count). The molecule has 104 valence electrons. The molecule has 1 atom stereocenters. The summed E-state index contributed by atoms with van der Waals surface area (Å²) in [6.45, 7) is 0.779. The number of fused-ring (bicyclic) bond motifs is 1. The van der Waals surface area contributed by atoms with E-state index in [1.165, 1.54) is 10.5 Å². The van der Waals surface area contributed by atoms with Crippen LogP contribution in [0.15, 0.2) is 40.6 Å². The second-order valence-corrected chi connectivity index (χ2v) is 6.91. The molecule has 20 heavy (non-hydrogen) atoms. The third kappa shape index (κ3) is 2.90. The minimum atomic E-state index is -0.355. The van der Waals surface area contributed by atoms with Crippen molar-refractivity contribution in [2.24, 2.45) is 5.73 Å². The number of hydrogen-bond donors (Lipinski definition) is 2. The van der Waals surface area contributed by atoms with E-state index in [1.54, 1.807) is 11.3 Å². The van der Waals surface area contributed by atoms with Crippen molar-refractivity contribution in [3.63, 3.8) is 0 Å². The van der Waals surface area contributed by atoms with Gasteiger partial charge in [-0.1, -0.05) is 18.2 Å². The van der Waals surface area contributed by atoms with Crippen LogP contribution < -0.4 is 11.1 Å². The fraction of sp³-hybridized carbons (Fsp3) is 0.267. The van der Waals surface area contributed by atoms with Gasteiger partial charge in [0.1, 0.15) is 0 Å². The summed E-state index contributed by atoms with van der Waals surface area (Å²) in [6, 6.07) is 10.8. The molecule has 2 heterocycles. The Labute approximate surface area is 126 Å². The van der Waals surface area contributed by atoms with E-state index in [0.29, 0.717) is 11.6 Å². The Kier molecular flexibility index (Phi) is 4.10. The maximum atomic E-state index is 11.1. The van der Waals surface area contributed by atoms with Crippen molar-refractivity contribution in [1.29, 1.82) is 0 Å². The molecule has 1 aliphatic rings. The monoisotopic (exact) mass is 304 g/mol. The Hall–Kier alpha value is -1.30. The first-order valence-electron chi connectivity index (χ1n) is 6.56. The van der Waals surface area contributed by atoms with Gasteiger partial charge in [-0.2, -0.15) is 0 Å². The molecule has 1 aromatic heterocycles. The molecular weight excluding hydrogens is 288 g/mol. The molecule has 0 fully saturated rings. The highest BCUT2D eigenvalue weighted by Gasteiger charge is 2.19. The van der Waals surface area contributed by atoms with E-state index in [-0.39, 0.29) is 5.91 Å². The van der Waals surface area contributed by atoms with Crippen molar-refractivity contribution in [3.05, 3.63) is 51.7 Å². The lowest BCUT2D eigenvalue weighted by Crippen LogP contribution is -2.23. The third-order valence-electron chi connectivity index (χ3n) is 3.42. The number of amides is 1. The van der Waals surface area contributed by atoms with E-state index in [2.05, 4.69) is 29.6 Å². The molecule has 1 aromatic carbocycles. The maximum Gasteiger partial charge on any atom is 0.249 e. The molecule has 3 nitrogen and oxygen atoms in total. The predicted octanol–water partition coefficient (Wildman–Crippen LogP) is 3.17. The predicted molar refractivity (Wildman–Crippen MR) is 84.2 cm³/mol. The number of nitrogens with one attached hydrogen (secondary N) is 1. The summed E-state index contributed by atoms with van der Waals surface area (Å²) < 4.78 is 0. The van der Waals surface area contributed by atoms with Gasteiger partial charge in [-0.3, -0.25) is 4.79 Å². The van der Waals surface area contributed by atoms with E-state index < -0.39 is 0 Å². The smallest absolute Gasteiger partial charge is 0.249 e. The molecule has 0 spiro atoms. The average Bonchev–Trinajstić information content (AvgIpc) is 2.94. The van der Waals surface area contributed by atoms with E-state index in [4.69, 9.17) is 5.73 Å². The van der Waals surface area contributed by atoms with Gasteiger partial charge < -0.3 is 11.1 Å². The van der Waals surface area contributed by atoms with Crippen LogP contribution >= 0.6 is 23.1 Å². The largest absolute Gasteiger partial charge is 0.366 e. The van der Waals surface area contributed by atoms with Gasteiger partial charge in [0.05, 0.1) is 5.56 Å². The summed E-state index contributed by atoms with van der Waals surface area (Å²) in [5.74, 6) is 0.790. The number of primary amides is 1. The number of rotatable bonds is 4. The van der Waals surface area contributed by atoms with Crippen LogP contribution in [0.5, 0.6) is 0 Å². The first-order chi connectivity index (χ1) is 9.74. The molecule has 0 saturated carbocycles. The zero-order valence-electron chi connectivity index (χ0n) is 11.0. The van der Waals surface area contributed by atoms with Crippen LogP contribution in [0, 0.1) is 0 Å². The van der Waals surface area contributed by atoms with E-state index in [0.717, 1.165) is 23.6 Å². The van der Waals surface area contributed by atoms with Gasteiger partial charge in [-0.15, -0.1) is 23.1 Å². The normalized spacial score (nSPS) is 17.7. The van der Waals surface area contributed by atoms with Crippen molar-refractivity contribution >= 4 is 29.0 Å². The van der Waals surface area contributed by atoms with Gasteiger partial charge in [-0.25, -0.2) is 0 Å². The molecule has 1 unspecified atom stereocenters.